The lowest BCUT2D eigenvalue weighted by Crippen LogP contribution is -2.60. The number of phenolic OH excluding ortho intramolecular Hbond substituents is 1. The van der Waals surface area contributed by atoms with Crippen LogP contribution in [0.5, 0.6) is 5.75 Å². The van der Waals surface area contributed by atoms with Crippen molar-refractivity contribution in [3.8, 4) is 5.75 Å². The molecule has 12 nitrogen and oxygen atoms in total. The number of carbonyl (C=O) groups excluding carboxylic acids is 3. The van der Waals surface area contributed by atoms with Crippen molar-refractivity contribution in [2.45, 2.75) is 62.9 Å². The largest absolute Gasteiger partial charge is 0.508 e. The van der Waals surface area contributed by atoms with Crippen LogP contribution < -0.4 is 27.4 Å². The Morgan fingerprint density at radius 3 is 2.09 bits per heavy atom. The van der Waals surface area contributed by atoms with Crippen molar-refractivity contribution in [3.05, 3.63) is 29.8 Å². The number of amides is 3. The number of aliphatic hydroxyl groups is 1. The van der Waals surface area contributed by atoms with Crippen LogP contribution in [0, 0.1) is 0 Å². The molecule has 0 bridgehead atoms. The summed E-state index contributed by atoms with van der Waals surface area (Å²) in [5, 5.41) is 36.0. The quantitative estimate of drug-likeness (QED) is 0.0957. The molecular weight excluding hydrogens is 478 g/mol. The van der Waals surface area contributed by atoms with Crippen molar-refractivity contribution >= 4 is 36.3 Å². The van der Waals surface area contributed by atoms with Crippen LogP contribution in [0.3, 0.4) is 0 Å². The lowest BCUT2D eigenvalue weighted by molar-refractivity contribution is -0.143. The second-order valence-electron chi connectivity index (χ2n) is 8.13. The van der Waals surface area contributed by atoms with Gasteiger partial charge < -0.3 is 42.7 Å². The zero-order valence-electron chi connectivity index (χ0n) is 19.5. The molecule has 3 amide bonds. The maximum Gasteiger partial charge on any atom is 0.326 e. The van der Waals surface area contributed by atoms with Gasteiger partial charge in [0, 0.05) is 12.2 Å². The highest BCUT2D eigenvalue weighted by Crippen LogP contribution is 2.12. The zero-order chi connectivity index (χ0) is 26.5. The Bertz CT molecular complexity index is 853. The van der Waals surface area contributed by atoms with Gasteiger partial charge in [-0.2, -0.15) is 12.6 Å². The molecule has 13 heteroatoms. The third-order valence-electron chi connectivity index (χ3n) is 5.17. The lowest BCUT2D eigenvalue weighted by atomic mass is 10.0. The summed E-state index contributed by atoms with van der Waals surface area (Å²) >= 11 is 4.06. The molecule has 0 spiro atoms. The number of phenols is 1. The molecule has 5 atom stereocenters. The smallest absolute Gasteiger partial charge is 0.326 e. The van der Waals surface area contributed by atoms with E-state index < -0.39 is 54.0 Å². The van der Waals surface area contributed by atoms with Gasteiger partial charge >= 0.3 is 5.97 Å². The number of hydrogen-bond acceptors (Lipinski definition) is 9. The first-order chi connectivity index (χ1) is 16.5. The number of aliphatic hydroxyl groups excluding tert-OH is 1. The SMILES string of the molecule is CC(O)C(NC(=O)C(CS)NC(=O)C(N)CCCCN)C(=O)NC(Cc1ccc(O)cc1)C(=O)O. The van der Waals surface area contributed by atoms with Gasteiger partial charge in [0.25, 0.3) is 0 Å². The fourth-order valence-corrected chi connectivity index (χ4v) is 3.36. The highest BCUT2D eigenvalue weighted by atomic mass is 32.1. The minimum atomic E-state index is -1.50. The summed E-state index contributed by atoms with van der Waals surface area (Å²) in [6, 6.07) is 0.906. The molecular formula is C22H35N5O7S. The molecule has 0 aromatic heterocycles. The number of carboxylic acid groups (broad SMARTS) is 1. The summed E-state index contributed by atoms with van der Waals surface area (Å²) < 4.78 is 0. The van der Waals surface area contributed by atoms with Gasteiger partial charge in [-0.1, -0.05) is 18.6 Å². The first-order valence-electron chi connectivity index (χ1n) is 11.2. The third-order valence-corrected chi connectivity index (χ3v) is 5.54. The number of nitrogens with two attached hydrogens (primary N) is 2. The highest BCUT2D eigenvalue weighted by molar-refractivity contribution is 7.80. The molecule has 5 unspecified atom stereocenters. The molecule has 0 saturated carbocycles. The predicted octanol–water partition coefficient (Wildman–Crippen LogP) is -1.76. The van der Waals surface area contributed by atoms with Crippen molar-refractivity contribution in [1.82, 2.24) is 16.0 Å². The number of aromatic hydroxyl groups is 1. The molecule has 0 aliphatic rings. The molecule has 0 aliphatic heterocycles. The number of benzene rings is 1. The summed E-state index contributed by atoms with van der Waals surface area (Å²) in [6.07, 6.45) is 0.241. The molecule has 0 aliphatic carbocycles. The zero-order valence-corrected chi connectivity index (χ0v) is 20.4. The number of nitrogens with one attached hydrogen (secondary N) is 3. The highest BCUT2D eigenvalue weighted by Gasteiger charge is 2.32. The molecule has 0 fully saturated rings. The van der Waals surface area contributed by atoms with Crippen molar-refractivity contribution in [2.75, 3.05) is 12.3 Å². The number of aliphatic carboxylic acids is 1. The Morgan fingerprint density at radius 2 is 1.57 bits per heavy atom. The number of carboxylic acids is 1. The Labute approximate surface area is 209 Å². The number of unbranched alkanes of at least 4 members (excludes halogenated alkanes) is 1. The van der Waals surface area contributed by atoms with Gasteiger partial charge in [-0.3, -0.25) is 14.4 Å². The minimum absolute atomic E-state index is 0.00360. The molecule has 0 radical (unpaired) electrons. The van der Waals surface area contributed by atoms with Crippen molar-refractivity contribution < 1.29 is 34.5 Å². The molecule has 35 heavy (non-hydrogen) atoms. The molecule has 10 N–H and O–H groups in total. The first kappa shape index (κ1) is 30.2. The van der Waals surface area contributed by atoms with E-state index in [1.54, 1.807) is 0 Å². The van der Waals surface area contributed by atoms with Gasteiger partial charge in [-0.05, 0) is 44.0 Å². The van der Waals surface area contributed by atoms with Crippen LogP contribution in [0.2, 0.25) is 0 Å². The van der Waals surface area contributed by atoms with Crippen molar-refractivity contribution in [2.24, 2.45) is 11.5 Å². The van der Waals surface area contributed by atoms with Gasteiger partial charge in [0.1, 0.15) is 23.9 Å². The molecule has 1 rings (SSSR count). The van der Waals surface area contributed by atoms with Crippen molar-refractivity contribution in [1.29, 1.82) is 0 Å². The third kappa shape index (κ3) is 10.5. The Balaban J connectivity index is 2.82. The second-order valence-corrected chi connectivity index (χ2v) is 8.50. The van der Waals surface area contributed by atoms with Crippen LogP contribution >= 0.6 is 12.6 Å². The van der Waals surface area contributed by atoms with E-state index in [1.165, 1.54) is 31.2 Å². The van der Waals surface area contributed by atoms with E-state index in [4.69, 9.17) is 11.5 Å². The maximum atomic E-state index is 12.7. The van der Waals surface area contributed by atoms with Crippen LogP contribution in [0.25, 0.3) is 0 Å². The molecule has 0 saturated heterocycles. The number of thiol groups is 1. The van der Waals surface area contributed by atoms with Crippen LogP contribution in [-0.4, -0.2) is 81.6 Å². The van der Waals surface area contributed by atoms with Crippen molar-refractivity contribution in [3.63, 3.8) is 0 Å². The standard InChI is InChI=1S/C22H35N5O7S/c1-12(28)18(21(32)25-16(22(33)34)10-13-5-7-14(29)8-6-13)27-20(31)17(11-35)26-19(30)15(24)4-2-3-9-23/h5-8,12,15-18,28-29,35H,2-4,9-11,23-24H2,1H3,(H,25,32)(H,26,30)(H,27,31)(H,33,34). The number of carbonyl (C=O) groups is 4. The summed E-state index contributed by atoms with van der Waals surface area (Å²) in [5.41, 5.74) is 11.8. The second kappa shape index (κ2) is 15.2. The van der Waals surface area contributed by atoms with E-state index >= 15 is 0 Å². The average molecular weight is 514 g/mol. The van der Waals surface area contributed by atoms with Gasteiger partial charge in [0.2, 0.25) is 17.7 Å². The minimum Gasteiger partial charge on any atom is -0.508 e. The lowest BCUT2D eigenvalue weighted by Gasteiger charge is -2.26. The van der Waals surface area contributed by atoms with Gasteiger partial charge in [0.05, 0.1) is 12.1 Å². The summed E-state index contributed by atoms with van der Waals surface area (Å²) in [6.45, 7) is 1.72. The maximum absolute atomic E-state index is 12.7. The average Bonchev–Trinajstić information content (AvgIpc) is 2.81. The monoisotopic (exact) mass is 513 g/mol. The summed E-state index contributed by atoms with van der Waals surface area (Å²) in [4.78, 5) is 49.4. The Hall–Kier alpha value is -2.87. The normalized spacial score (nSPS) is 15.2. The number of hydrogen-bond donors (Lipinski definition) is 9. The van der Waals surface area contributed by atoms with Gasteiger partial charge in [-0.15, -0.1) is 0 Å². The summed E-state index contributed by atoms with van der Waals surface area (Å²) in [5.74, 6) is -3.74. The van der Waals surface area contributed by atoms with E-state index in [0.717, 1.165) is 0 Å². The molecule has 0 heterocycles. The van der Waals surface area contributed by atoms with E-state index in [1.807, 2.05) is 0 Å². The molecule has 196 valence electrons. The van der Waals surface area contributed by atoms with E-state index in [-0.39, 0.29) is 17.9 Å². The van der Waals surface area contributed by atoms with Crippen LogP contribution in [0.15, 0.2) is 24.3 Å². The fraction of sp³-hybridized carbons (Fsp3) is 0.545. The van der Waals surface area contributed by atoms with Crippen LogP contribution in [0.1, 0.15) is 31.7 Å². The van der Waals surface area contributed by atoms with Crippen LogP contribution in [-0.2, 0) is 25.6 Å². The molecule has 1 aromatic rings. The van der Waals surface area contributed by atoms with Crippen LogP contribution in [0.4, 0.5) is 0 Å². The van der Waals surface area contributed by atoms with E-state index in [2.05, 4.69) is 28.6 Å². The number of rotatable bonds is 15. The molecule has 1 aromatic carbocycles. The van der Waals surface area contributed by atoms with E-state index in [0.29, 0.717) is 31.4 Å². The Kier molecular flexibility index (Phi) is 13.1. The van der Waals surface area contributed by atoms with E-state index in [9.17, 15) is 34.5 Å². The fourth-order valence-electron chi connectivity index (χ4n) is 3.10. The first-order valence-corrected chi connectivity index (χ1v) is 11.8. The topological polar surface area (TPSA) is 217 Å². The van der Waals surface area contributed by atoms with Gasteiger partial charge in [-0.25, -0.2) is 4.79 Å². The predicted molar refractivity (Wildman–Crippen MR) is 132 cm³/mol. The van der Waals surface area contributed by atoms with Gasteiger partial charge in [0.15, 0.2) is 0 Å². The Morgan fingerprint density at radius 1 is 0.971 bits per heavy atom. The summed E-state index contributed by atoms with van der Waals surface area (Å²) in [7, 11) is 0.